The molecule has 84 valence electrons. The van der Waals surface area contributed by atoms with Crippen molar-refractivity contribution in [1.29, 1.82) is 0 Å². The van der Waals surface area contributed by atoms with Crippen LogP contribution in [-0.2, 0) is 13.7 Å². The summed E-state index contributed by atoms with van der Waals surface area (Å²) in [7, 11) is -4.43. The summed E-state index contributed by atoms with van der Waals surface area (Å²) in [6.45, 7) is 7.41. The zero-order valence-electron chi connectivity index (χ0n) is 9.40. The van der Waals surface area contributed by atoms with Gasteiger partial charge < -0.3 is 9.09 Å². The molecule has 0 saturated heterocycles. The summed E-state index contributed by atoms with van der Waals surface area (Å²) in [6, 6.07) is 0. The van der Waals surface area contributed by atoms with Gasteiger partial charge in [-0.3, -0.25) is 4.57 Å². The van der Waals surface area contributed by atoms with Gasteiger partial charge in [0.25, 0.3) is 0 Å². The van der Waals surface area contributed by atoms with Crippen LogP contribution in [0.5, 0.6) is 0 Å². The molecule has 0 aromatic heterocycles. The smallest absolute Gasteiger partial charge is 0.203 e. The molecule has 0 amide bonds. The molecular weight excluding hydrogens is 218 g/mol. The average Bonchev–Trinajstić information content (AvgIpc) is 1.96. The van der Waals surface area contributed by atoms with Crippen molar-refractivity contribution in [2.24, 2.45) is 0 Å². The number of hydrogen-bond donors (Lipinski definition) is 0. The van der Waals surface area contributed by atoms with Gasteiger partial charge in [0.1, 0.15) is 0 Å². The quantitative estimate of drug-likeness (QED) is 0.527. The van der Waals surface area contributed by atoms with Crippen molar-refractivity contribution >= 4 is 14.5 Å². The van der Waals surface area contributed by atoms with Crippen LogP contribution in [0.3, 0.4) is 0 Å². The molecule has 0 bridgehead atoms. The fourth-order valence-electron chi connectivity index (χ4n) is 0.920. The molecule has 0 radical (unpaired) electrons. The summed E-state index contributed by atoms with van der Waals surface area (Å²) in [5, 5.41) is 0. The minimum atomic E-state index is -2.45. The third-order valence-electron chi connectivity index (χ3n) is 1.55. The summed E-state index contributed by atoms with van der Waals surface area (Å²) in [5.41, 5.74) is 0. The van der Waals surface area contributed by atoms with Gasteiger partial charge in [0, 0.05) is 19.0 Å². The molecule has 0 spiro atoms. The third-order valence-corrected chi connectivity index (χ3v) is 4.32. The number of rotatable bonds is 6. The Morgan fingerprint density at radius 3 is 2.00 bits per heavy atom. The number of hydrogen-bond acceptors (Lipinski definition) is 3. The molecule has 0 heterocycles. The SMILES string of the molecule is CCOP(C)(=O)C/C=C/CP(C)(C)=O. The van der Waals surface area contributed by atoms with Gasteiger partial charge in [-0.25, -0.2) is 0 Å². The van der Waals surface area contributed by atoms with Crippen molar-refractivity contribution in [3.05, 3.63) is 12.2 Å². The molecule has 0 aromatic rings. The van der Waals surface area contributed by atoms with E-state index >= 15 is 0 Å². The van der Waals surface area contributed by atoms with Gasteiger partial charge in [-0.15, -0.1) is 0 Å². The topological polar surface area (TPSA) is 43.4 Å². The maximum Gasteiger partial charge on any atom is 0.203 e. The Hall–Kier alpha value is 0.160. The van der Waals surface area contributed by atoms with E-state index in [0.29, 0.717) is 18.9 Å². The molecule has 0 fully saturated rings. The Morgan fingerprint density at radius 2 is 1.57 bits per heavy atom. The average molecular weight is 238 g/mol. The molecule has 0 aromatic carbocycles. The Balaban J connectivity index is 3.94. The van der Waals surface area contributed by atoms with E-state index in [-0.39, 0.29) is 0 Å². The van der Waals surface area contributed by atoms with Crippen LogP contribution in [0.4, 0.5) is 0 Å². The predicted octanol–water partition coefficient (Wildman–Crippen LogP) is 3.11. The van der Waals surface area contributed by atoms with Crippen molar-refractivity contribution in [3.8, 4) is 0 Å². The Morgan fingerprint density at radius 1 is 1.07 bits per heavy atom. The largest absolute Gasteiger partial charge is 0.329 e. The molecule has 3 nitrogen and oxygen atoms in total. The van der Waals surface area contributed by atoms with Crippen LogP contribution < -0.4 is 0 Å². The monoisotopic (exact) mass is 238 g/mol. The second kappa shape index (κ2) is 5.90. The zero-order valence-corrected chi connectivity index (χ0v) is 11.2. The minimum Gasteiger partial charge on any atom is -0.329 e. The van der Waals surface area contributed by atoms with Crippen LogP contribution >= 0.6 is 14.5 Å². The van der Waals surface area contributed by atoms with Crippen LogP contribution in [-0.4, -0.2) is 38.9 Å². The maximum atomic E-state index is 11.6. The highest BCUT2D eigenvalue weighted by Gasteiger charge is 2.12. The summed E-state index contributed by atoms with van der Waals surface area (Å²) in [4.78, 5) is 0. The van der Waals surface area contributed by atoms with E-state index in [4.69, 9.17) is 4.52 Å². The van der Waals surface area contributed by atoms with Crippen LogP contribution in [0, 0.1) is 0 Å². The zero-order chi connectivity index (χ0) is 11.2. The fourth-order valence-corrected chi connectivity index (χ4v) is 2.76. The second-order valence-corrected chi connectivity index (χ2v) is 10.0. The van der Waals surface area contributed by atoms with Crippen molar-refractivity contribution < 1.29 is 13.7 Å². The predicted molar refractivity (Wildman–Crippen MR) is 63.5 cm³/mol. The second-order valence-electron chi connectivity index (χ2n) is 3.84. The van der Waals surface area contributed by atoms with Gasteiger partial charge in [0.2, 0.25) is 7.37 Å². The minimum absolute atomic E-state index is 0.431. The number of allylic oxidation sites excluding steroid dienone is 2. The van der Waals surface area contributed by atoms with E-state index in [9.17, 15) is 9.13 Å². The van der Waals surface area contributed by atoms with Crippen LogP contribution in [0.25, 0.3) is 0 Å². The lowest BCUT2D eigenvalue weighted by atomic mass is 10.6. The van der Waals surface area contributed by atoms with Gasteiger partial charge in [-0.1, -0.05) is 12.2 Å². The molecule has 0 saturated carbocycles. The van der Waals surface area contributed by atoms with E-state index in [1.165, 1.54) is 0 Å². The first-order valence-electron chi connectivity index (χ1n) is 4.67. The van der Waals surface area contributed by atoms with E-state index in [1.54, 1.807) is 26.1 Å². The Bertz CT molecular complexity index is 278. The van der Waals surface area contributed by atoms with Gasteiger partial charge in [0.05, 0.1) is 13.7 Å². The molecule has 1 unspecified atom stereocenters. The fraction of sp³-hybridized carbons (Fsp3) is 0.778. The summed E-state index contributed by atoms with van der Waals surface area (Å²) in [6.07, 6.45) is 4.63. The Labute approximate surface area is 86.7 Å². The highest BCUT2D eigenvalue weighted by Crippen LogP contribution is 2.42. The van der Waals surface area contributed by atoms with Gasteiger partial charge in [0.15, 0.2) is 0 Å². The lowest BCUT2D eigenvalue weighted by Gasteiger charge is -2.09. The first-order valence-corrected chi connectivity index (χ1v) is 9.71. The summed E-state index contributed by atoms with van der Waals surface area (Å²) in [5.74, 6) is 0. The summed E-state index contributed by atoms with van der Waals surface area (Å²) < 4.78 is 28.0. The lowest BCUT2D eigenvalue weighted by molar-refractivity contribution is 0.339. The van der Waals surface area contributed by atoms with E-state index in [0.717, 1.165) is 0 Å². The molecule has 0 N–H and O–H groups in total. The van der Waals surface area contributed by atoms with E-state index in [1.807, 2.05) is 13.0 Å². The highest BCUT2D eigenvalue weighted by atomic mass is 31.2. The normalized spacial score (nSPS) is 17.1. The summed E-state index contributed by atoms with van der Waals surface area (Å²) >= 11 is 0. The molecule has 14 heavy (non-hydrogen) atoms. The van der Waals surface area contributed by atoms with E-state index in [2.05, 4.69) is 0 Å². The lowest BCUT2D eigenvalue weighted by Crippen LogP contribution is -1.91. The molecule has 5 heteroatoms. The molecule has 0 aliphatic rings. The van der Waals surface area contributed by atoms with Crippen molar-refractivity contribution in [1.82, 2.24) is 0 Å². The third kappa shape index (κ3) is 8.74. The maximum absolute atomic E-state index is 11.6. The van der Waals surface area contributed by atoms with Gasteiger partial charge >= 0.3 is 0 Å². The Kier molecular flexibility index (Phi) is 5.97. The van der Waals surface area contributed by atoms with Gasteiger partial charge in [-0.05, 0) is 20.3 Å². The van der Waals surface area contributed by atoms with Crippen LogP contribution in [0.1, 0.15) is 6.92 Å². The van der Waals surface area contributed by atoms with Crippen molar-refractivity contribution in [3.63, 3.8) is 0 Å². The molecule has 1 atom stereocenters. The van der Waals surface area contributed by atoms with Crippen molar-refractivity contribution in [2.75, 3.05) is 38.9 Å². The van der Waals surface area contributed by atoms with Crippen molar-refractivity contribution in [2.45, 2.75) is 6.92 Å². The standard InChI is InChI=1S/C9H20O3P2/c1-5-12-14(4,11)9-7-6-8-13(2,3)10/h6-7H,5,8-9H2,1-4H3/b7-6+. The van der Waals surface area contributed by atoms with Gasteiger partial charge in [-0.2, -0.15) is 0 Å². The first-order chi connectivity index (χ1) is 6.27. The molecule has 0 aliphatic heterocycles. The molecule has 0 aliphatic carbocycles. The molecular formula is C9H20O3P2. The van der Waals surface area contributed by atoms with Crippen LogP contribution in [0.15, 0.2) is 12.2 Å². The molecule has 0 rings (SSSR count). The van der Waals surface area contributed by atoms with E-state index < -0.39 is 14.5 Å². The first kappa shape index (κ1) is 14.2. The van der Waals surface area contributed by atoms with Crippen LogP contribution in [0.2, 0.25) is 0 Å². The highest BCUT2D eigenvalue weighted by molar-refractivity contribution is 7.62.